The van der Waals surface area contributed by atoms with Crippen LogP contribution in [-0.2, 0) is 4.79 Å². The lowest BCUT2D eigenvalue weighted by molar-refractivity contribution is -0.118. The van der Waals surface area contributed by atoms with Gasteiger partial charge in [-0.25, -0.2) is 4.99 Å². The normalized spacial score (nSPS) is 16.5. The first kappa shape index (κ1) is 24.7. The summed E-state index contributed by atoms with van der Waals surface area (Å²) in [6.45, 7) is 3.80. The number of amides is 2. The number of halogens is 1. The predicted molar refractivity (Wildman–Crippen MR) is 152 cm³/mol. The lowest BCUT2D eigenvalue weighted by atomic mass is 9.76. The molecule has 0 radical (unpaired) electrons. The molecule has 2 heterocycles. The number of carbonyl (C=O) groups excluding carboxylic acids is 2. The molecule has 0 bridgehead atoms. The van der Waals surface area contributed by atoms with Crippen molar-refractivity contribution in [1.29, 1.82) is 0 Å². The number of nitrogens with two attached hydrogens (primary N) is 1. The Kier molecular flexibility index (Phi) is 6.82. The smallest absolute Gasteiger partial charge is 0.267 e. The van der Waals surface area contributed by atoms with Crippen LogP contribution < -0.4 is 16.4 Å². The molecule has 0 saturated carbocycles. The van der Waals surface area contributed by atoms with E-state index >= 15 is 0 Å². The molecular weight excluding hydrogens is 504 g/mol. The van der Waals surface area contributed by atoms with Crippen molar-refractivity contribution in [1.82, 2.24) is 0 Å². The van der Waals surface area contributed by atoms with Crippen LogP contribution >= 0.6 is 22.9 Å². The summed E-state index contributed by atoms with van der Waals surface area (Å²) in [5.41, 5.74) is 11.6. The molecule has 0 spiro atoms. The van der Waals surface area contributed by atoms with Gasteiger partial charge in [-0.05, 0) is 61.4 Å². The molecule has 1 aliphatic rings. The van der Waals surface area contributed by atoms with Crippen molar-refractivity contribution in [2.45, 2.75) is 19.8 Å². The van der Waals surface area contributed by atoms with Crippen molar-refractivity contribution in [3.63, 3.8) is 0 Å². The summed E-state index contributed by atoms with van der Waals surface area (Å²) >= 11 is 7.25. The van der Waals surface area contributed by atoms with Crippen molar-refractivity contribution in [3.05, 3.63) is 105 Å². The number of aryl methyl sites for hydroxylation is 1. The van der Waals surface area contributed by atoms with Crippen LogP contribution in [0.3, 0.4) is 0 Å². The topological polar surface area (TPSA) is 96.6 Å². The number of nitrogens with zero attached hydrogens (tertiary/aromatic N) is 1. The number of carbonyl (C=O) groups is 2. The Balaban J connectivity index is 1.54. The van der Waals surface area contributed by atoms with Gasteiger partial charge in [0.05, 0.1) is 11.6 Å². The molecule has 37 heavy (non-hydrogen) atoms. The fourth-order valence-corrected chi connectivity index (χ4v) is 5.88. The van der Waals surface area contributed by atoms with Gasteiger partial charge in [0.1, 0.15) is 9.88 Å². The first-order valence-electron chi connectivity index (χ1n) is 11.8. The highest BCUT2D eigenvalue weighted by Crippen LogP contribution is 2.51. The minimum absolute atomic E-state index is 0.209. The third kappa shape index (κ3) is 5.01. The SMILES string of the molecule is CC1=Nc2sc(C(=O)Nc3cccc(C)c3)c(N)c2C(c2ccccc2)C1C(=O)Nc1ccc(Cl)cc1. The molecule has 3 aromatic carbocycles. The van der Waals surface area contributed by atoms with Crippen LogP contribution in [-0.4, -0.2) is 17.5 Å². The fourth-order valence-electron chi connectivity index (χ4n) is 4.66. The molecule has 6 nitrogen and oxygen atoms in total. The number of nitrogens with one attached hydrogen (secondary N) is 2. The summed E-state index contributed by atoms with van der Waals surface area (Å²) in [5, 5.41) is 7.16. The van der Waals surface area contributed by atoms with E-state index in [1.807, 2.05) is 68.4 Å². The molecule has 5 rings (SSSR count). The van der Waals surface area contributed by atoms with Gasteiger partial charge >= 0.3 is 0 Å². The lowest BCUT2D eigenvalue weighted by Crippen LogP contribution is -2.35. The first-order chi connectivity index (χ1) is 17.8. The molecule has 4 aromatic rings. The van der Waals surface area contributed by atoms with E-state index in [-0.39, 0.29) is 11.8 Å². The number of aliphatic imine (C=N–C) groups is 1. The quantitative estimate of drug-likeness (QED) is 0.259. The number of hydrogen-bond donors (Lipinski definition) is 3. The second-order valence-corrected chi connectivity index (χ2v) is 10.4. The lowest BCUT2D eigenvalue weighted by Gasteiger charge is -2.30. The molecule has 1 aromatic heterocycles. The van der Waals surface area contributed by atoms with Crippen molar-refractivity contribution in [2.75, 3.05) is 16.4 Å². The van der Waals surface area contributed by atoms with Crippen LogP contribution in [0.25, 0.3) is 0 Å². The first-order valence-corrected chi connectivity index (χ1v) is 13.0. The van der Waals surface area contributed by atoms with E-state index in [0.29, 0.717) is 43.2 Å². The zero-order valence-electron chi connectivity index (χ0n) is 20.3. The van der Waals surface area contributed by atoms with E-state index in [9.17, 15) is 9.59 Å². The number of rotatable bonds is 5. The number of hydrogen-bond acceptors (Lipinski definition) is 5. The van der Waals surface area contributed by atoms with Crippen molar-refractivity contribution < 1.29 is 9.59 Å². The van der Waals surface area contributed by atoms with E-state index in [4.69, 9.17) is 22.3 Å². The van der Waals surface area contributed by atoms with Gasteiger partial charge in [-0.3, -0.25) is 9.59 Å². The number of fused-ring (bicyclic) bond motifs is 1. The average Bonchev–Trinajstić information content (AvgIpc) is 3.20. The summed E-state index contributed by atoms with van der Waals surface area (Å²) in [6, 6.07) is 24.3. The van der Waals surface area contributed by atoms with E-state index in [1.54, 1.807) is 24.3 Å². The second kappa shape index (κ2) is 10.2. The molecule has 0 aliphatic carbocycles. The Morgan fingerprint density at radius 1 is 0.919 bits per heavy atom. The zero-order valence-corrected chi connectivity index (χ0v) is 21.9. The maximum absolute atomic E-state index is 13.6. The molecule has 0 fully saturated rings. The van der Waals surface area contributed by atoms with Crippen LogP contribution in [0.2, 0.25) is 5.02 Å². The number of benzene rings is 3. The third-order valence-corrected chi connectivity index (χ3v) is 7.74. The molecule has 2 unspecified atom stereocenters. The highest BCUT2D eigenvalue weighted by atomic mass is 35.5. The van der Waals surface area contributed by atoms with Crippen LogP contribution in [0.1, 0.15) is 39.2 Å². The Hall–Kier alpha value is -3.94. The number of nitrogen functional groups attached to an aromatic ring is 1. The highest BCUT2D eigenvalue weighted by Gasteiger charge is 2.41. The predicted octanol–water partition coefficient (Wildman–Crippen LogP) is 7.04. The minimum atomic E-state index is -0.616. The molecule has 0 saturated heterocycles. The third-order valence-electron chi connectivity index (χ3n) is 6.37. The van der Waals surface area contributed by atoms with Gasteiger partial charge in [0, 0.05) is 33.6 Å². The molecular formula is C29H25ClN4O2S. The fraction of sp³-hybridized carbons (Fsp3) is 0.138. The zero-order chi connectivity index (χ0) is 26.1. The van der Waals surface area contributed by atoms with Gasteiger partial charge in [-0.15, -0.1) is 11.3 Å². The van der Waals surface area contributed by atoms with Gasteiger partial charge in [0.25, 0.3) is 5.91 Å². The summed E-state index contributed by atoms with van der Waals surface area (Å²) in [6.07, 6.45) is 0. The number of thiophene rings is 1. The molecule has 186 valence electrons. The van der Waals surface area contributed by atoms with Crippen LogP contribution in [0, 0.1) is 12.8 Å². The Morgan fingerprint density at radius 3 is 2.35 bits per heavy atom. The van der Waals surface area contributed by atoms with Gasteiger partial charge < -0.3 is 16.4 Å². The van der Waals surface area contributed by atoms with Gasteiger partial charge in [0.2, 0.25) is 5.91 Å². The van der Waals surface area contributed by atoms with E-state index < -0.39 is 11.8 Å². The Bertz CT molecular complexity index is 1510. The van der Waals surface area contributed by atoms with E-state index in [1.165, 1.54) is 11.3 Å². The molecule has 2 atom stereocenters. The van der Waals surface area contributed by atoms with Crippen LogP contribution in [0.4, 0.5) is 22.1 Å². The summed E-state index contributed by atoms with van der Waals surface area (Å²) in [5.74, 6) is -1.53. The van der Waals surface area contributed by atoms with Gasteiger partial charge in [-0.2, -0.15) is 0 Å². The van der Waals surface area contributed by atoms with Crippen molar-refractivity contribution >= 4 is 62.5 Å². The Labute approximate surface area is 224 Å². The standard InChI is InChI=1S/C29H25ClN4O2S/c1-16-7-6-10-21(15-16)34-28(36)26-25(31)24-23(18-8-4-3-5-9-18)22(17(2)32-29(24)37-26)27(35)33-20-13-11-19(30)12-14-20/h3-15,22-23H,31H2,1-2H3,(H,33,35)(H,34,36). The van der Waals surface area contributed by atoms with Crippen molar-refractivity contribution in [3.8, 4) is 0 Å². The molecule has 4 N–H and O–H groups in total. The Morgan fingerprint density at radius 2 is 1.65 bits per heavy atom. The van der Waals surface area contributed by atoms with Gasteiger partial charge in [0.15, 0.2) is 0 Å². The van der Waals surface area contributed by atoms with Crippen LogP contribution in [0.5, 0.6) is 0 Å². The largest absolute Gasteiger partial charge is 0.397 e. The van der Waals surface area contributed by atoms with E-state index in [0.717, 1.165) is 11.1 Å². The van der Waals surface area contributed by atoms with Gasteiger partial charge in [-0.1, -0.05) is 54.1 Å². The summed E-state index contributed by atoms with van der Waals surface area (Å²) in [7, 11) is 0. The molecule has 2 amide bonds. The monoisotopic (exact) mass is 528 g/mol. The molecule has 1 aliphatic heterocycles. The number of anilines is 3. The van der Waals surface area contributed by atoms with Crippen molar-refractivity contribution in [2.24, 2.45) is 10.9 Å². The highest BCUT2D eigenvalue weighted by molar-refractivity contribution is 7.18. The second-order valence-electron chi connectivity index (χ2n) is 9.00. The maximum atomic E-state index is 13.6. The average molecular weight is 529 g/mol. The van der Waals surface area contributed by atoms with Crippen LogP contribution in [0.15, 0.2) is 83.9 Å². The minimum Gasteiger partial charge on any atom is -0.397 e. The van der Waals surface area contributed by atoms with E-state index in [2.05, 4.69) is 10.6 Å². The summed E-state index contributed by atoms with van der Waals surface area (Å²) in [4.78, 5) is 32.0. The maximum Gasteiger partial charge on any atom is 0.267 e. The summed E-state index contributed by atoms with van der Waals surface area (Å²) < 4.78 is 0. The molecule has 8 heteroatoms.